The molecule has 3 aromatic heterocycles. The van der Waals surface area contributed by atoms with Crippen molar-refractivity contribution in [3.8, 4) is 0 Å². The van der Waals surface area contributed by atoms with Gasteiger partial charge in [-0.2, -0.15) is 17.7 Å². The number of rotatable bonds is 3. The third-order valence-electron chi connectivity index (χ3n) is 4.05. The quantitative estimate of drug-likeness (QED) is 0.760. The van der Waals surface area contributed by atoms with Crippen LogP contribution in [0.15, 0.2) is 10.6 Å². The molecule has 26 heavy (non-hydrogen) atoms. The van der Waals surface area contributed by atoms with Crippen LogP contribution in [0.25, 0.3) is 5.65 Å². The third-order valence-corrected chi connectivity index (χ3v) is 4.05. The second kappa shape index (κ2) is 5.96. The predicted octanol–water partition coefficient (Wildman–Crippen LogP) is 3.66. The van der Waals surface area contributed by atoms with Gasteiger partial charge in [0, 0.05) is 11.0 Å². The molecule has 0 radical (unpaired) electrons. The van der Waals surface area contributed by atoms with Crippen LogP contribution in [0, 0.1) is 13.8 Å². The summed E-state index contributed by atoms with van der Waals surface area (Å²) in [6.07, 6.45) is -3.00. The van der Waals surface area contributed by atoms with Crippen molar-refractivity contribution in [1.82, 2.24) is 24.8 Å². The number of fused-ring (bicyclic) bond motifs is 1. The lowest BCUT2D eigenvalue weighted by atomic mass is 9.94. The lowest BCUT2D eigenvalue weighted by Gasteiger charge is -2.13. The van der Waals surface area contributed by atoms with E-state index in [0.717, 1.165) is 5.76 Å². The Kier molecular flexibility index (Phi) is 4.16. The van der Waals surface area contributed by atoms with Gasteiger partial charge in [0.1, 0.15) is 5.76 Å². The van der Waals surface area contributed by atoms with Crippen molar-refractivity contribution in [2.75, 3.05) is 5.32 Å². The van der Waals surface area contributed by atoms with Gasteiger partial charge in [0.2, 0.25) is 5.89 Å². The number of nitrogens with one attached hydrogen (secondary N) is 1. The van der Waals surface area contributed by atoms with E-state index in [2.05, 4.69) is 25.6 Å². The van der Waals surface area contributed by atoms with Gasteiger partial charge in [0.05, 0.1) is 12.7 Å². The van der Waals surface area contributed by atoms with Crippen molar-refractivity contribution < 1.29 is 17.6 Å². The summed E-state index contributed by atoms with van der Waals surface area (Å²) in [5, 5.41) is 13.8. The van der Waals surface area contributed by atoms with Crippen LogP contribution in [-0.2, 0) is 18.1 Å². The predicted molar refractivity (Wildman–Crippen MR) is 87.8 cm³/mol. The minimum absolute atomic E-state index is 0.0755. The van der Waals surface area contributed by atoms with E-state index >= 15 is 0 Å². The highest BCUT2D eigenvalue weighted by atomic mass is 19.4. The number of hydrogen-bond donors (Lipinski definition) is 1. The summed E-state index contributed by atoms with van der Waals surface area (Å²) in [7, 11) is 0. The van der Waals surface area contributed by atoms with Crippen LogP contribution in [-0.4, -0.2) is 24.8 Å². The van der Waals surface area contributed by atoms with Crippen LogP contribution < -0.4 is 5.32 Å². The molecule has 0 bridgehead atoms. The molecule has 0 unspecified atom stereocenters. The SMILES string of the molecule is Cc1c(NCc2ncc(C(C)(C)C)o2)nn2c(C(F)(F)F)nnc2c1C. The van der Waals surface area contributed by atoms with Crippen LogP contribution in [0.4, 0.5) is 19.0 Å². The van der Waals surface area contributed by atoms with E-state index in [1.807, 2.05) is 20.8 Å². The molecular weight excluding hydrogens is 349 g/mol. The topological polar surface area (TPSA) is 81.1 Å². The van der Waals surface area contributed by atoms with Gasteiger partial charge in [-0.15, -0.1) is 15.3 Å². The van der Waals surface area contributed by atoms with E-state index in [1.165, 1.54) is 0 Å². The van der Waals surface area contributed by atoms with Gasteiger partial charge in [-0.3, -0.25) is 0 Å². The Bertz CT molecular complexity index is 951. The van der Waals surface area contributed by atoms with Gasteiger partial charge in [0.15, 0.2) is 11.5 Å². The van der Waals surface area contributed by atoms with Crippen LogP contribution >= 0.6 is 0 Å². The molecule has 0 spiro atoms. The fraction of sp³-hybridized carbons (Fsp3) is 0.500. The van der Waals surface area contributed by atoms with Gasteiger partial charge in [0.25, 0.3) is 5.82 Å². The van der Waals surface area contributed by atoms with Crippen molar-refractivity contribution in [3.05, 3.63) is 34.8 Å². The van der Waals surface area contributed by atoms with Crippen LogP contribution in [0.1, 0.15) is 49.4 Å². The molecule has 3 heterocycles. The minimum atomic E-state index is -4.64. The summed E-state index contributed by atoms with van der Waals surface area (Å²) in [4.78, 5) is 4.19. The van der Waals surface area contributed by atoms with Gasteiger partial charge >= 0.3 is 6.18 Å². The molecule has 1 N–H and O–H groups in total. The van der Waals surface area contributed by atoms with Gasteiger partial charge in [-0.05, 0) is 19.4 Å². The minimum Gasteiger partial charge on any atom is -0.443 e. The largest absolute Gasteiger partial charge is 0.453 e. The summed E-state index contributed by atoms with van der Waals surface area (Å²) in [5.74, 6) is 0.276. The highest BCUT2D eigenvalue weighted by Crippen LogP contribution is 2.30. The average Bonchev–Trinajstić information content (AvgIpc) is 3.15. The first-order valence-corrected chi connectivity index (χ1v) is 7.97. The van der Waals surface area contributed by atoms with Crippen molar-refractivity contribution >= 4 is 11.5 Å². The first-order valence-electron chi connectivity index (χ1n) is 7.97. The van der Waals surface area contributed by atoms with Gasteiger partial charge < -0.3 is 9.73 Å². The normalized spacial score (nSPS) is 12.8. The lowest BCUT2D eigenvalue weighted by molar-refractivity contribution is -0.146. The number of halogens is 3. The maximum atomic E-state index is 13.1. The molecule has 3 aromatic rings. The smallest absolute Gasteiger partial charge is 0.443 e. The van der Waals surface area contributed by atoms with E-state index in [1.54, 1.807) is 20.0 Å². The molecular formula is C16H19F3N6O. The first kappa shape index (κ1) is 18.2. The molecule has 0 aliphatic heterocycles. The molecule has 10 heteroatoms. The maximum absolute atomic E-state index is 13.1. The molecule has 0 aliphatic carbocycles. The lowest BCUT2D eigenvalue weighted by Crippen LogP contribution is -2.15. The number of aromatic nitrogens is 5. The molecule has 0 amide bonds. The molecule has 140 valence electrons. The maximum Gasteiger partial charge on any atom is 0.453 e. The summed E-state index contributed by atoms with van der Waals surface area (Å²) < 4.78 is 45.6. The van der Waals surface area contributed by atoms with E-state index < -0.39 is 12.0 Å². The zero-order valence-electron chi connectivity index (χ0n) is 15.1. The van der Waals surface area contributed by atoms with Crippen LogP contribution in [0.3, 0.4) is 0 Å². The van der Waals surface area contributed by atoms with E-state index in [4.69, 9.17) is 4.42 Å². The second-order valence-electron chi connectivity index (χ2n) is 7.08. The standard InChI is InChI=1S/C16H19F3N6O/c1-8-9(2)13-22-23-14(16(17,18)19)25(13)24-12(8)21-7-11-20-6-10(26-11)15(3,4)5/h6H,7H2,1-5H3,(H,21,24). The molecule has 0 aromatic carbocycles. The van der Waals surface area contributed by atoms with Crippen molar-refractivity contribution in [1.29, 1.82) is 0 Å². The Morgan fingerprint density at radius 1 is 1.12 bits per heavy atom. The molecule has 0 fully saturated rings. The average molecular weight is 368 g/mol. The molecule has 0 saturated heterocycles. The molecule has 3 rings (SSSR count). The second-order valence-corrected chi connectivity index (χ2v) is 7.08. The van der Waals surface area contributed by atoms with E-state index in [-0.39, 0.29) is 23.4 Å². The Balaban J connectivity index is 1.92. The number of hydrogen-bond acceptors (Lipinski definition) is 6. The summed E-state index contributed by atoms with van der Waals surface area (Å²) >= 11 is 0. The Morgan fingerprint density at radius 2 is 1.81 bits per heavy atom. The van der Waals surface area contributed by atoms with Crippen molar-refractivity contribution in [2.24, 2.45) is 0 Å². The number of nitrogens with zero attached hydrogens (tertiary/aromatic N) is 5. The Labute approximate surface area is 147 Å². The summed E-state index contributed by atoms with van der Waals surface area (Å²) in [5.41, 5.74) is 1.14. The third kappa shape index (κ3) is 3.23. The first-order chi connectivity index (χ1) is 12.0. The zero-order chi connectivity index (χ0) is 19.3. The van der Waals surface area contributed by atoms with E-state index in [0.29, 0.717) is 21.5 Å². The number of alkyl halides is 3. The molecule has 0 aliphatic rings. The number of aryl methyl sites for hydroxylation is 1. The fourth-order valence-corrected chi connectivity index (χ4v) is 2.37. The fourth-order valence-electron chi connectivity index (χ4n) is 2.37. The summed E-state index contributed by atoms with van der Waals surface area (Å²) in [6.45, 7) is 9.62. The molecule has 7 nitrogen and oxygen atoms in total. The van der Waals surface area contributed by atoms with Crippen LogP contribution in [0.5, 0.6) is 0 Å². The number of anilines is 1. The zero-order valence-corrected chi connectivity index (χ0v) is 15.1. The Hall–Kier alpha value is -2.65. The number of oxazole rings is 1. The van der Waals surface area contributed by atoms with Crippen molar-refractivity contribution in [2.45, 2.75) is 52.8 Å². The van der Waals surface area contributed by atoms with Gasteiger partial charge in [-0.25, -0.2) is 4.98 Å². The van der Waals surface area contributed by atoms with Crippen LogP contribution in [0.2, 0.25) is 0 Å². The molecule has 0 atom stereocenters. The monoisotopic (exact) mass is 368 g/mol. The highest BCUT2D eigenvalue weighted by Gasteiger charge is 2.38. The van der Waals surface area contributed by atoms with Gasteiger partial charge in [-0.1, -0.05) is 20.8 Å². The summed E-state index contributed by atoms with van der Waals surface area (Å²) in [6, 6.07) is 0. The van der Waals surface area contributed by atoms with Crippen molar-refractivity contribution in [3.63, 3.8) is 0 Å². The van der Waals surface area contributed by atoms with E-state index in [9.17, 15) is 13.2 Å². The Morgan fingerprint density at radius 3 is 2.38 bits per heavy atom. The molecule has 0 saturated carbocycles. The highest BCUT2D eigenvalue weighted by molar-refractivity contribution is 5.58.